The molecule has 1 aromatic rings. The maximum absolute atomic E-state index is 12.3. The fourth-order valence-electron chi connectivity index (χ4n) is 2.36. The Kier molecular flexibility index (Phi) is 3.93. The molecule has 1 aliphatic rings. The van der Waals surface area contributed by atoms with Gasteiger partial charge in [0.2, 0.25) is 0 Å². The van der Waals surface area contributed by atoms with Crippen LogP contribution in [0.4, 0.5) is 0 Å². The van der Waals surface area contributed by atoms with Gasteiger partial charge in [0.15, 0.2) is 0 Å². The Morgan fingerprint density at radius 3 is 3.00 bits per heavy atom. The van der Waals surface area contributed by atoms with E-state index in [1.54, 1.807) is 17.9 Å². The van der Waals surface area contributed by atoms with Crippen molar-refractivity contribution in [2.75, 3.05) is 13.1 Å². The first kappa shape index (κ1) is 13.4. The van der Waals surface area contributed by atoms with Gasteiger partial charge in [-0.25, -0.2) is 0 Å². The third-order valence-electron chi connectivity index (χ3n) is 3.29. The number of likely N-dealkylation sites (tertiary alicyclic amines) is 1. The molecule has 1 atom stereocenters. The van der Waals surface area contributed by atoms with Gasteiger partial charge in [0.05, 0.1) is 5.60 Å². The number of carbonyl (C=O) groups is 1. The molecule has 1 aromatic carbocycles. The molecule has 0 spiro atoms. The van der Waals surface area contributed by atoms with E-state index in [0.29, 0.717) is 24.5 Å². The van der Waals surface area contributed by atoms with Crippen LogP contribution in [0.3, 0.4) is 0 Å². The van der Waals surface area contributed by atoms with Gasteiger partial charge in [0.1, 0.15) is 0 Å². The molecule has 1 saturated heterocycles. The van der Waals surface area contributed by atoms with Crippen LogP contribution in [0.1, 0.15) is 35.7 Å². The summed E-state index contributed by atoms with van der Waals surface area (Å²) in [6.45, 7) is 2.89. The zero-order chi connectivity index (χ0) is 13.2. The molecule has 0 aromatic heterocycles. The molecule has 3 nitrogen and oxygen atoms in total. The van der Waals surface area contributed by atoms with E-state index in [1.165, 1.54) is 0 Å². The van der Waals surface area contributed by atoms with E-state index in [0.717, 1.165) is 18.4 Å². The van der Waals surface area contributed by atoms with Gasteiger partial charge < -0.3 is 10.0 Å². The molecule has 1 heterocycles. The van der Waals surface area contributed by atoms with E-state index < -0.39 is 5.60 Å². The lowest BCUT2D eigenvalue weighted by Gasteiger charge is -2.36. The van der Waals surface area contributed by atoms with Crippen LogP contribution in [0, 0.1) is 0 Å². The lowest BCUT2D eigenvalue weighted by molar-refractivity contribution is -0.0107. The number of aliphatic hydroxyl groups is 1. The lowest BCUT2D eigenvalue weighted by Crippen LogP contribution is -2.48. The highest BCUT2D eigenvalue weighted by atomic mass is 35.5. The fourth-order valence-corrected chi connectivity index (χ4v) is 2.53. The van der Waals surface area contributed by atoms with E-state index in [1.807, 2.05) is 18.2 Å². The van der Waals surface area contributed by atoms with Crippen LogP contribution in [-0.4, -0.2) is 34.6 Å². The van der Waals surface area contributed by atoms with E-state index in [-0.39, 0.29) is 5.91 Å². The number of rotatable bonds is 2. The van der Waals surface area contributed by atoms with Crippen LogP contribution in [0.15, 0.2) is 24.3 Å². The zero-order valence-corrected chi connectivity index (χ0v) is 11.3. The quantitative estimate of drug-likeness (QED) is 0.836. The SMILES string of the molecule is CC1(O)CCCN(C(=O)c2cccc(CCl)c2)C1. The van der Waals surface area contributed by atoms with E-state index in [4.69, 9.17) is 11.6 Å². The molecule has 1 N–H and O–H groups in total. The molecule has 4 heteroatoms. The van der Waals surface area contributed by atoms with Gasteiger partial charge in [-0.15, -0.1) is 11.6 Å². The monoisotopic (exact) mass is 267 g/mol. The Morgan fingerprint density at radius 2 is 2.33 bits per heavy atom. The third-order valence-corrected chi connectivity index (χ3v) is 3.60. The molecular weight excluding hydrogens is 250 g/mol. The number of hydrogen-bond acceptors (Lipinski definition) is 2. The highest BCUT2D eigenvalue weighted by Gasteiger charge is 2.31. The summed E-state index contributed by atoms with van der Waals surface area (Å²) in [6, 6.07) is 7.35. The first-order chi connectivity index (χ1) is 8.52. The summed E-state index contributed by atoms with van der Waals surface area (Å²) in [7, 11) is 0. The number of halogens is 1. The second-order valence-electron chi connectivity index (χ2n) is 5.16. The van der Waals surface area contributed by atoms with Crippen molar-refractivity contribution in [3.05, 3.63) is 35.4 Å². The second-order valence-corrected chi connectivity index (χ2v) is 5.43. The van der Waals surface area contributed by atoms with Gasteiger partial charge in [-0.05, 0) is 37.5 Å². The number of hydrogen-bond donors (Lipinski definition) is 1. The minimum Gasteiger partial charge on any atom is -0.388 e. The van der Waals surface area contributed by atoms with Gasteiger partial charge in [-0.1, -0.05) is 12.1 Å². The number of amides is 1. The maximum Gasteiger partial charge on any atom is 0.253 e. The normalized spacial score (nSPS) is 24.1. The highest BCUT2D eigenvalue weighted by Crippen LogP contribution is 2.22. The van der Waals surface area contributed by atoms with Gasteiger partial charge in [0.25, 0.3) is 5.91 Å². The molecular formula is C14H18ClNO2. The standard InChI is InChI=1S/C14H18ClNO2/c1-14(18)6-3-7-16(10-14)13(17)12-5-2-4-11(8-12)9-15/h2,4-5,8,18H,3,6-7,9-10H2,1H3. The van der Waals surface area contributed by atoms with E-state index in [2.05, 4.69) is 0 Å². The molecule has 18 heavy (non-hydrogen) atoms. The van der Waals surface area contributed by atoms with E-state index >= 15 is 0 Å². The van der Waals surface area contributed by atoms with Gasteiger partial charge in [-0.3, -0.25) is 4.79 Å². The van der Waals surface area contributed by atoms with Crippen LogP contribution >= 0.6 is 11.6 Å². The van der Waals surface area contributed by atoms with Crippen LogP contribution in [0.2, 0.25) is 0 Å². The first-order valence-corrected chi connectivity index (χ1v) is 6.72. The number of alkyl halides is 1. The summed E-state index contributed by atoms with van der Waals surface area (Å²) in [6.07, 6.45) is 1.59. The molecule has 1 aliphatic heterocycles. The summed E-state index contributed by atoms with van der Waals surface area (Å²) in [5.74, 6) is 0.376. The molecule has 0 radical (unpaired) electrons. The van der Waals surface area contributed by atoms with Crippen molar-refractivity contribution in [3.8, 4) is 0 Å². The molecule has 1 fully saturated rings. The van der Waals surface area contributed by atoms with Crippen LogP contribution in [0.5, 0.6) is 0 Å². The maximum atomic E-state index is 12.3. The number of nitrogens with zero attached hydrogens (tertiary/aromatic N) is 1. The molecule has 0 saturated carbocycles. The van der Waals surface area contributed by atoms with Crippen molar-refractivity contribution in [1.29, 1.82) is 0 Å². The van der Waals surface area contributed by atoms with Crippen LogP contribution < -0.4 is 0 Å². The molecule has 2 rings (SSSR count). The Hall–Kier alpha value is -1.06. The Morgan fingerprint density at radius 1 is 1.56 bits per heavy atom. The molecule has 1 unspecified atom stereocenters. The Balaban J connectivity index is 2.15. The smallest absolute Gasteiger partial charge is 0.253 e. The average Bonchev–Trinajstić information content (AvgIpc) is 2.37. The Bertz CT molecular complexity index is 445. The van der Waals surface area contributed by atoms with Crippen molar-refractivity contribution >= 4 is 17.5 Å². The largest absolute Gasteiger partial charge is 0.388 e. The zero-order valence-electron chi connectivity index (χ0n) is 10.5. The summed E-state index contributed by atoms with van der Waals surface area (Å²) in [5, 5.41) is 10.0. The highest BCUT2D eigenvalue weighted by molar-refractivity contribution is 6.17. The van der Waals surface area contributed by atoms with Crippen LogP contribution in [0.25, 0.3) is 0 Å². The number of β-amino-alcohol motifs (C(OH)–C–C–N with tert-alkyl or cyclic N) is 1. The minimum atomic E-state index is -0.766. The molecule has 98 valence electrons. The minimum absolute atomic E-state index is 0.0260. The average molecular weight is 268 g/mol. The topological polar surface area (TPSA) is 40.5 Å². The number of carbonyl (C=O) groups excluding carboxylic acids is 1. The van der Waals surface area contributed by atoms with Gasteiger partial charge in [0, 0.05) is 24.5 Å². The predicted molar refractivity (Wildman–Crippen MR) is 71.8 cm³/mol. The molecule has 0 aliphatic carbocycles. The predicted octanol–water partition coefficient (Wildman–Crippen LogP) is 2.41. The molecule has 0 bridgehead atoms. The van der Waals surface area contributed by atoms with Crippen molar-refractivity contribution in [3.63, 3.8) is 0 Å². The third kappa shape index (κ3) is 3.03. The fraction of sp³-hybridized carbons (Fsp3) is 0.500. The number of piperidine rings is 1. The first-order valence-electron chi connectivity index (χ1n) is 6.18. The summed E-state index contributed by atoms with van der Waals surface area (Å²) in [5.41, 5.74) is 0.815. The van der Waals surface area contributed by atoms with E-state index in [9.17, 15) is 9.90 Å². The van der Waals surface area contributed by atoms with Crippen LogP contribution in [-0.2, 0) is 5.88 Å². The Labute approximate surface area is 112 Å². The van der Waals surface area contributed by atoms with Crippen molar-refractivity contribution < 1.29 is 9.90 Å². The van der Waals surface area contributed by atoms with Crippen molar-refractivity contribution in [1.82, 2.24) is 4.90 Å². The summed E-state index contributed by atoms with van der Waals surface area (Å²) >= 11 is 5.77. The van der Waals surface area contributed by atoms with Gasteiger partial charge >= 0.3 is 0 Å². The summed E-state index contributed by atoms with van der Waals surface area (Å²) < 4.78 is 0. The second kappa shape index (κ2) is 5.29. The lowest BCUT2D eigenvalue weighted by atomic mass is 9.94. The van der Waals surface area contributed by atoms with Crippen molar-refractivity contribution in [2.24, 2.45) is 0 Å². The number of benzene rings is 1. The van der Waals surface area contributed by atoms with Gasteiger partial charge in [-0.2, -0.15) is 0 Å². The van der Waals surface area contributed by atoms with Crippen molar-refractivity contribution in [2.45, 2.75) is 31.2 Å². The molecule has 1 amide bonds. The summed E-state index contributed by atoms with van der Waals surface area (Å²) in [4.78, 5) is 14.0.